The number of nitrogens with one attached hydrogen (secondary N) is 2. The summed E-state index contributed by atoms with van der Waals surface area (Å²) in [6.07, 6.45) is -1.92. The van der Waals surface area contributed by atoms with Crippen molar-refractivity contribution in [3.05, 3.63) is 71.1 Å². The summed E-state index contributed by atoms with van der Waals surface area (Å²) < 4.78 is 65.8. The number of rotatable bonds is 10. The number of carbonyl (C=O) groups excluding carboxylic acids is 1. The minimum Gasteiger partial charge on any atom is -0.497 e. The molecule has 1 aromatic carbocycles. The summed E-state index contributed by atoms with van der Waals surface area (Å²) in [5.41, 5.74) is 0.713. The van der Waals surface area contributed by atoms with Gasteiger partial charge >= 0.3 is 6.18 Å². The number of amides is 1. The molecule has 4 heterocycles. The second-order valence-electron chi connectivity index (χ2n) is 9.71. The van der Waals surface area contributed by atoms with Gasteiger partial charge in [-0.25, -0.2) is 14.6 Å². The van der Waals surface area contributed by atoms with E-state index >= 15 is 0 Å². The molecule has 0 saturated heterocycles. The number of carbonyl (C=O) groups is 1. The molecule has 0 fully saturated rings. The van der Waals surface area contributed by atoms with Crippen molar-refractivity contribution in [2.24, 2.45) is 0 Å². The largest absolute Gasteiger partial charge is 0.497 e. The third-order valence-electron chi connectivity index (χ3n) is 6.57. The third kappa shape index (κ3) is 6.68. The second-order valence-corrected chi connectivity index (χ2v) is 10.5. The number of nitrogens with zero attached hydrogens (tertiary/aromatic N) is 6. The van der Waals surface area contributed by atoms with Crippen molar-refractivity contribution in [1.82, 2.24) is 34.6 Å². The molecule has 0 radical (unpaired) electrons. The predicted molar refractivity (Wildman–Crippen MR) is 161 cm³/mol. The molecule has 2 N–H and O–H groups in total. The quantitative estimate of drug-likeness (QED) is 0.173. The molecular formula is C29H27F3N8O5S. The highest BCUT2D eigenvalue weighted by Gasteiger charge is 2.35. The van der Waals surface area contributed by atoms with Crippen LogP contribution in [0.4, 0.5) is 24.8 Å². The zero-order chi connectivity index (χ0) is 33.2. The van der Waals surface area contributed by atoms with E-state index in [1.54, 1.807) is 32.0 Å². The molecule has 0 aliphatic heterocycles. The summed E-state index contributed by atoms with van der Waals surface area (Å²) in [5, 5.41) is 10.7. The monoisotopic (exact) mass is 656 g/mol. The van der Waals surface area contributed by atoms with Crippen LogP contribution in [0.1, 0.15) is 33.2 Å². The Labute approximate surface area is 264 Å². The summed E-state index contributed by atoms with van der Waals surface area (Å²) in [6, 6.07) is 7.38. The first-order chi connectivity index (χ1) is 21.9. The molecular weight excluding hydrogens is 629 g/mol. The molecule has 0 atom stereocenters. The normalized spacial score (nSPS) is 11.3. The molecule has 0 spiro atoms. The van der Waals surface area contributed by atoms with Gasteiger partial charge < -0.3 is 24.1 Å². The molecule has 0 bridgehead atoms. The van der Waals surface area contributed by atoms with E-state index in [0.717, 1.165) is 22.7 Å². The minimum atomic E-state index is -4.70. The van der Waals surface area contributed by atoms with Crippen molar-refractivity contribution < 1.29 is 36.7 Å². The minimum absolute atomic E-state index is 0.0104. The molecule has 0 aliphatic rings. The zero-order valence-corrected chi connectivity index (χ0v) is 26.1. The van der Waals surface area contributed by atoms with Gasteiger partial charge in [0.05, 0.1) is 31.9 Å². The van der Waals surface area contributed by atoms with Crippen LogP contribution in [-0.2, 0) is 6.18 Å². The van der Waals surface area contributed by atoms with Gasteiger partial charge in [0.25, 0.3) is 5.91 Å². The Morgan fingerprint density at radius 3 is 2.26 bits per heavy atom. The summed E-state index contributed by atoms with van der Waals surface area (Å²) in [7, 11) is 4.34. The van der Waals surface area contributed by atoms with Crippen molar-refractivity contribution in [2.45, 2.75) is 31.8 Å². The van der Waals surface area contributed by atoms with Crippen molar-refractivity contribution in [3.8, 4) is 34.3 Å². The molecule has 240 valence electrons. The lowest BCUT2D eigenvalue weighted by Crippen LogP contribution is -2.18. The van der Waals surface area contributed by atoms with Crippen LogP contribution in [-0.4, -0.2) is 57.1 Å². The van der Waals surface area contributed by atoms with Gasteiger partial charge in [-0.3, -0.25) is 9.52 Å². The van der Waals surface area contributed by atoms with E-state index in [1.165, 1.54) is 46.7 Å². The van der Waals surface area contributed by atoms with Crippen LogP contribution in [0.3, 0.4) is 0 Å². The first-order valence-electron chi connectivity index (χ1n) is 13.4. The summed E-state index contributed by atoms with van der Waals surface area (Å²) in [4.78, 5) is 27.1. The molecule has 0 unspecified atom stereocenters. The number of methoxy groups -OCH3 is 3. The number of hydrogen-bond donors (Lipinski definition) is 2. The van der Waals surface area contributed by atoms with Crippen molar-refractivity contribution >= 4 is 29.5 Å². The molecule has 1 amide bonds. The molecule has 5 rings (SSSR count). The fourth-order valence-electron chi connectivity index (χ4n) is 4.33. The van der Waals surface area contributed by atoms with E-state index < -0.39 is 17.8 Å². The number of aryl methyl sites for hydroxylation is 3. The van der Waals surface area contributed by atoms with Crippen molar-refractivity contribution in [3.63, 3.8) is 0 Å². The Balaban J connectivity index is 1.59. The van der Waals surface area contributed by atoms with E-state index in [1.807, 2.05) is 0 Å². The van der Waals surface area contributed by atoms with Crippen molar-refractivity contribution in [2.75, 3.05) is 26.6 Å². The number of anilines is 2. The number of ether oxygens (including phenoxy) is 3. The number of aromatic nitrogens is 6. The highest BCUT2D eigenvalue weighted by atomic mass is 32.2. The van der Waals surface area contributed by atoms with Crippen molar-refractivity contribution in [1.29, 1.82) is 0 Å². The highest BCUT2D eigenvalue weighted by molar-refractivity contribution is 7.98. The van der Waals surface area contributed by atoms with Crippen LogP contribution in [0.5, 0.6) is 17.4 Å². The highest BCUT2D eigenvalue weighted by Crippen LogP contribution is 2.34. The maximum absolute atomic E-state index is 13.7. The molecule has 46 heavy (non-hydrogen) atoms. The van der Waals surface area contributed by atoms with E-state index in [-0.39, 0.29) is 34.5 Å². The molecule has 0 aliphatic carbocycles. The SMILES string of the molecule is COc1cc(Nc2ncc(-c3cnc(OC)c(C(=O)NSc4c(C)noc4C)c3)c(-n3nc(C(F)(F)F)cc3C)n2)cc(OC)c1. The summed E-state index contributed by atoms with van der Waals surface area (Å²) in [5.74, 6) is 0.980. The third-order valence-corrected chi connectivity index (χ3v) is 7.64. The van der Waals surface area contributed by atoms with Gasteiger partial charge in [0.2, 0.25) is 11.8 Å². The Bertz CT molecular complexity index is 1870. The Morgan fingerprint density at radius 1 is 0.957 bits per heavy atom. The van der Waals surface area contributed by atoms with E-state index in [0.29, 0.717) is 39.1 Å². The lowest BCUT2D eigenvalue weighted by Gasteiger charge is -2.15. The summed E-state index contributed by atoms with van der Waals surface area (Å²) >= 11 is 1.01. The lowest BCUT2D eigenvalue weighted by molar-refractivity contribution is -0.141. The van der Waals surface area contributed by atoms with Crippen LogP contribution in [0.15, 0.2) is 52.1 Å². The number of pyridine rings is 1. The van der Waals surface area contributed by atoms with E-state index in [9.17, 15) is 18.0 Å². The standard InChI is InChI=1S/C29H27F3N8O5S/c1-14-7-23(29(30,31)32)37-40(14)25-22(13-34-28(36-25)35-18-9-19(42-4)11-20(10-18)43-5)17-8-21(27(44-6)33-12-17)26(41)39-46-24-15(2)38-45-16(24)3/h7-13H,1-6H3,(H,39,41)(H,34,35,36). The second kappa shape index (κ2) is 13.0. The predicted octanol–water partition coefficient (Wildman–Crippen LogP) is 5.86. The smallest absolute Gasteiger partial charge is 0.435 e. The number of alkyl halides is 3. The van der Waals surface area contributed by atoms with Crippen LogP contribution in [0, 0.1) is 20.8 Å². The lowest BCUT2D eigenvalue weighted by atomic mass is 10.1. The average molecular weight is 657 g/mol. The first-order valence-corrected chi connectivity index (χ1v) is 14.2. The fraction of sp³-hybridized carbons (Fsp3) is 0.241. The Hall–Kier alpha value is -5.32. The van der Waals surface area contributed by atoms with Gasteiger partial charge in [0.1, 0.15) is 22.8 Å². The van der Waals surface area contributed by atoms with Gasteiger partial charge in [-0.05, 0) is 44.9 Å². The summed E-state index contributed by atoms with van der Waals surface area (Å²) in [6.45, 7) is 4.91. The maximum atomic E-state index is 13.7. The topological polar surface area (TPSA) is 151 Å². The maximum Gasteiger partial charge on any atom is 0.435 e. The fourth-order valence-corrected chi connectivity index (χ4v) is 5.00. The Morgan fingerprint density at radius 2 is 1.67 bits per heavy atom. The van der Waals surface area contributed by atoms with Crippen LogP contribution in [0.2, 0.25) is 0 Å². The van der Waals surface area contributed by atoms with Crippen LogP contribution < -0.4 is 24.2 Å². The average Bonchev–Trinajstić information content (AvgIpc) is 3.59. The van der Waals surface area contributed by atoms with Gasteiger partial charge in [0, 0.05) is 53.1 Å². The van der Waals surface area contributed by atoms with Crippen LogP contribution >= 0.6 is 11.9 Å². The van der Waals surface area contributed by atoms with Gasteiger partial charge in [-0.1, -0.05) is 5.16 Å². The zero-order valence-electron chi connectivity index (χ0n) is 25.3. The van der Waals surface area contributed by atoms with E-state index in [2.05, 4.69) is 35.2 Å². The van der Waals surface area contributed by atoms with Crippen LogP contribution in [0.25, 0.3) is 16.9 Å². The number of benzene rings is 1. The van der Waals surface area contributed by atoms with Gasteiger partial charge in [-0.2, -0.15) is 23.3 Å². The number of hydrogen-bond acceptors (Lipinski definition) is 12. The molecule has 17 heteroatoms. The van der Waals surface area contributed by atoms with Gasteiger partial charge in [-0.15, -0.1) is 0 Å². The molecule has 5 aromatic rings. The Kier molecular flexibility index (Phi) is 9.04. The first kappa shape index (κ1) is 32.1. The van der Waals surface area contributed by atoms with Gasteiger partial charge in [0.15, 0.2) is 11.5 Å². The molecule has 4 aromatic heterocycles. The molecule has 0 saturated carbocycles. The molecule has 13 nitrogen and oxygen atoms in total. The van der Waals surface area contributed by atoms with E-state index in [4.69, 9.17) is 18.7 Å². The number of halogens is 3.